The maximum Gasteiger partial charge on any atom is 0.410 e. The van der Waals surface area contributed by atoms with E-state index in [0.717, 1.165) is 23.2 Å². The van der Waals surface area contributed by atoms with Crippen LogP contribution in [0.25, 0.3) is 0 Å². The molecular weight excluding hydrogens is 495 g/mol. The van der Waals surface area contributed by atoms with Crippen molar-refractivity contribution in [3.05, 3.63) is 50.4 Å². The Balaban J connectivity index is 1.58. The van der Waals surface area contributed by atoms with Gasteiger partial charge in [0.15, 0.2) is 0 Å². The van der Waals surface area contributed by atoms with E-state index in [-0.39, 0.29) is 12.0 Å². The van der Waals surface area contributed by atoms with Gasteiger partial charge >= 0.3 is 6.09 Å². The molecule has 30 heavy (non-hydrogen) atoms. The fourth-order valence-corrected chi connectivity index (χ4v) is 4.29. The number of nitrogens with zero attached hydrogens (tertiary/aromatic N) is 4. The highest BCUT2D eigenvalue weighted by Gasteiger charge is 2.34. The van der Waals surface area contributed by atoms with Crippen LogP contribution in [0.2, 0.25) is 0 Å². The zero-order valence-corrected chi connectivity index (χ0v) is 19.8. The smallest absolute Gasteiger partial charge is 0.410 e. The lowest BCUT2D eigenvalue weighted by molar-refractivity contribution is 0.0222. The van der Waals surface area contributed by atoms with E-state index in [2.05, 4.69) is 46.9 Å². The molecule has 2 aliphatic heterocycles. The van der Waals surface area contributed by atoms with Gasteiger partial charge in [-0.15, -0.1) is 0 Å². The van der Waals surface area contributed by atoms with Gasteiger partial charge in [-0.2, -0.15) is 5.10 Å². The lowest BCUT2D eigenvalue weighted by Gasteiger charge is -2.30. The molecule has 160 valence electrons. The highest BCUT2D eigenvalue weighted by atomic mass is 127. The Bertz CT molecular complexity index is 962. The average molecular weight is 522 g/mol. The first-order valence-corrected chi connectivity index (χ1v) is 11.4. The highest BCUT2D eigenvalue weighted by Crippen LogP contribution is 2.27. The molecule has 2 amide bonds. The minimum Gasteiger partial charge on any atom is -0.444 e. The maximum absolute atomic E-state index is 13.5. The standard InChI is InChI=1S/C22H27IN4O3/c1-22(2,3)30-21(29)26-12-9-18-17(14-26)19-20(28)25(10-4-11-27(19)24-18)13-15-5-7-16(23)8-6-15/h5-8H,4,9-14H2,1-3H3. The van der Waals surface area contributed by atoms with Crippen LogP contribution in [0.15, 0.2) is 24.3 Å². The van der Waals surface area contributed by atoms with E-state index in [1.54, 1.807) is 4.90 Å². The molecule has 7 nitrogen and oxygen atoms in total. The van der Waals surface area contributed by atoms with Crippen molar-refractivity contribution >= 4 is 34.6 Å². The van der Waals surface area contributed by atoms with Gasteiger partial charge in [0.25, 0.3) is 5.91 Å². The summed E-state index contributed by atoms with van der Waals surface area (Å²) in [5.41, 5.74) is 2.98. The van der Waals surface area contributed by atoms with Gasteiger partial charge in [-0.25, -0.2) is 4.79 Å². The van der Waals surface area contributed by atoms with Crippen LogP contribution in [0.4, 0.5) is 4.79 Å². The van der Waals surface area contributed by atoms with Crippen LogP contribution < -0.4 is 0 Å². The molecule has 0 radical (unpaired) electrons. The Morgan fingerprint density at radius 1 is 1.17 bits per heavy atom. The van der Waals surface area contributed by atoms with Crippen LogP contribution in [-0.2, 0) is 30.8 Å². The number of rotatable bonds is 2. The molecule has 3 heterocycles. The Kier molecular flexibility index (Phi) is 5.78. The van der Waals surface area contributed by atoms with Gasteiger partial charge in [0.2, 0.25) is 0 Å². The number of hydrogen-bond acceptors (Lipinski definition) is 4. The number of ether oxygens (including phenoxy) is 1. The third-order valence-electron chi connectivity index (χ3n) is 5.33. The second-order valence-corrected chi connectivity index (χ2v) is 10.1. The van der Waals surface area contributed by atoms with Crippen molar-refractivity contribution in [2.75, 3.05) is 13.1 Å². The van der Waals surface area contributed by atoms with Crippen molar-refractivity contribution in [1.29, 1.82) is 0 Å². The van der Waals surface area contributed by atoms with Gasteiger partial charge in [0.05, 0.1) is 12.2 Å². The summed E-state index contributed by atoms with van der Waals surface area (Å²) in [6.45, 7) is 8.48. The Hall–Kier alpha value is -2.10. The van der Waals surface area contributed by atoms with Gasteiger partial charge in [-0.3, -0.25) is 9.48 Å². The summed E-state index contributed by atoms with van der Waals surface area (Å²) in [4.78, 5) is 29.6. The Labute approximate surface area is 190 Å². The van der Waals surface area contributed by atoms with E-state index in [1.807, 2.05) is 30.4 Å². The molecule has 0 fully saturated rings. The molecule has 4 rings (SSSR count). The first-order chi connectivity index (χ1) is 14.2. The van der Waals surface area contributed by atoms with Crippen molar-refractivity contribution in [3.63, 3.8) is 0 Å². The van der Waals surface area contributed by atoms with Gasteiger partial charge in [-0.05, 0) is 67.5 Å². The summed E-state index contributed by atoms with van der Waals surface area (Å²) < 4.78 is 8.56. The zero-order chi connectivity index (χ0) is 21.5. The van der Waals surface area contributed by atoms with Crippen molar-refractivity contribution in [2.24, 2.45) is 0 Å². The summed E-state index contributed by atoms with van der Waals surface area (Å²) >= 11 is 2.28. The van der Waals surface area contributed by atoms with E-state index in [0.29, 0.717) is 44.8 Å². The fraction of sp³-hybridized carbons (Fsp3) is 0.500. The largest absolute Gasteiger partial charge is 0.444 e. The van der Waals surface area contributed by atoms with Crippen LogP contribution in [-0.4, -0.2) is 50.3 Å². The van der Waals surface area contributed by atoms with Gasteiger partial charge in [-0.1, -0.05) is 12.1 Å². The number of halogens is 1. The molecule has 0 bridgehead atoms. The van der Waals surface area contributed by atoms with E-state index in [9.17, 15) is 9.59 Å². The minimum atomic E-state index is -0.548. The van der Waals surface area contributed by atoms with Gasteiger partial charge in [0.1, 0.15) is 11.3 Å². The lowest BCUT2D eigenvalue weighted by atomic mass is 10.0. The number of aromatic nitrogens is 2. The second-order valence-electron chi connectivity index (χ2n) is 8.86. The molecule has 2 aliphatic rings. The molecule has 1 aromatic heterocycles. The van der Waals surface area contributed by atoms with Crippen molar-refractivity contribution in [2.45, 2.75) is 58.8 Å². The number of hydrogen-bond donors (Lipinski definition) is 0. The molecule has 0 atom stereocenters. The molecule has 0 unspecified atom stereocenters. The van der Waals surface area contributed by atoms with Crippen LogP contribution in [0.1, 0.15) is 54.5 Å². The Morgan fingerprint density at radius 2 is 1.90 bits per heavy atom. The van der Waals surface area contributed by atoms with Crippen LogP contribution in [0.5, 0.6) is 0 Å². The van der Waals surface area contributed by atoms with Crippen LogP contribution in [0, 0.1) is 3.57 Å². The summed E-state index contributed by atoms with van der Waals surface area (Å²) in [5, 5.41) is 4.71. The third kappa shape index (κ3) is 4.48. The second kappa shape index (κ2) is 8.20. The molecule has 0 aliphatic carbocycles. The molecule has 8 heteroatoms. The lowest BCUT2D eigenvalue weighted by Crippen LogP contribution is -2.40. The molecule has 0 spiro atoms. The predicted octanol–water partition coefficient (Wildman–Crippen LogP) is 3.83. The van der Waals surface area contributed by atoms with Crippen LogP contribution >= 0.6 is 22.6 Å². The zero-order valence-electron chi connectivity index (χ0n) is 17.7. The SMILES string of the molecule is CC(C)(C)OC(=O)N1CCc2nn3c(c2C1)C(=O)N(Cc1ccc(I)cc1)CCC3. The van der Waals surface area contributed by atoms with Crippen molar-refractivity contribution in [3.8, 4) is 0 Å². The normalized spacial score (nSPS) is 16.7. The van der Waals surface area contributed by atoms with E-state index < -0.39 is 5.60 Å². The summed E-state index contributed by atoms with van der Waals surface area (Å²) in [5.74, 6) is -0.00848. The van der Waals surface area contributed by atoms with Crippen molar-refractivity contribution < 1.29 is 14.3 Å². The quantitative estimate of drug-likeness (QED) is 0.563. The molecule has 0 saturated carbocycles. The summed E-state index contributed by atoms with van der Waals surface area (Å²) in [6, 6.07) is 8.25. The number of amides is 2. The predicted molar refractivity (Wildman–Crippen MR) is 121 cm³/mol. The fourth-order valence-electron chi connectivity index (χ4n) is 3.93. The van der Waals surface area contributed by atoms with Crippen LogP contribution in [0.3, 0.4) is 0 Å². The molecular formula is C22H27IN4O3. The van der Waals surface area contributed by atoms with E-state index >= 15 is 0 Å². The average Bonchev–Trinajstić information content (AvgIpc) is 2.96. The maximum atomic E-state index is 13.5. The Morgan fingerprint density at radius 3 is 2.60 bits per heavy atom. The number of benzene rings is 1. The molecule has 2 aromatic rings. The molecule has 1 aromatic carbocycles. The topological polar surface area (TPSA) is 67.7 Å². The highest BCUT2D eigenvalue weighted by molar-refractivity contribution is 14.1. The number of aryl methyl sites for hydroxylation is 1. The molecule has 0 N–H and O–H groups in total. The third-order valence-corrected chi connectivity index (χ3v) is 6.05. The number of carbonyl (C=O) groups is 2. The summed E-state index contributed by atoms with van der Waals surface area (Å²) in [6.07, 6.45) is 1.16. The first kappa shape index (κ1) is 21.1. The summed E-state index contributed by atoms with van der Waals surface area (Å²) in [7, 11) is 0. The van der Waals surface area contributed by atoms with Crippen molar-refractivity contribution in [1.82, 2.24) is 19.6 Å². The molecule has 0 saturated heterocycles. The van der Waals surface area contributed by atoms with Gasteiger partial charge in [0, 0.05) is 41.7 Å². The minimum absolute atomic E-state index is 0.00848. The monoisotopic (exact) mass is 522 g/mol. The van der Waals surface area contributed by atoms with E-state index in [4.69, 9.17) is 9.84 Å². The first-order valence-electron chi connectivity index (χ1n) is 10.3. The van der Waals surface area contributed by atoms with Gasteiger partial charge < -0.3 is 14.5 Å². The van der Waals surface area contributed by atoms with E-state index in [1.165, 1.54) is 3.57 Å². The number of fused-ring (bicyclic) bond motifs is 3. The number of carbonyl (C=O) groups excluding carboxylic acids is 2.